The van der Waals surface area contributed by atoms with E-state index in [4.69, 9.17) is 0 Å². The second-order valence-electron chi connectivity index (χ2n) is 3.32. The van der Waals surface area contributed by atoms with Gasteiger partial charge in [0.25, 0.3) is 0 Å². The minimum atomic E-state index is 0.713. The van der Waals surface area contributed by atoms with Gasteiger partial charge in [0.1, 0.15) is 5.82 Å². The van der Waals surface area contributed by atoms with Crippen LogP contribution in [0.15, 0.2) is 23.2 Å². The average Bonchev–Trinajstić information content (AvgIpc) is 2.15. The van der Waals surface area contributed by atoms with Gasteiger partial charge in [0.2, 0.25) is 0 Å². The monoisotopic (exact) mass is 196 g/mol. The molecular weight excluding hydrogens is 180 g/mol. The zero-order valence-corrected chi connectivity index (χ0v) is 9.19. The quantitative estimate of drug-likeness (QED) is 0.750. The SMILES string of the molecule is CNc1cccc(SCC(C)C)n1. The van der Waals surface area contributed by atoms with Gasteiger partial charge < -0.3 is 5.32 Å². The van der Waals surface area contributed by atoms with Crippen molar-refractivity contribution in [2.45, 2.75) is 18.9 Å². The summed E-state index contributed by atoms with van der Waals surface area (Å²) < 4.78 is 0. The van der Waals surface area contributed by atoms with Crippen LogP contribution in [-0.4, -0.2) is 17.8 Å². The third-order valence-corrected chi connectivity index (χ3v) is 2.90. The molecule has 0 aliphatic heterocycles. The molecule has 1 rings (SSSR count). The molecule has 1 heterocycles. The van der Waals surface area contributed by atoms with Gasteiger partial charge in [-0.25, -0.2) is 4.98 Å². The maximum atomic E-state index is 4.42. The Morgan fingerprint density at radius 1 is 1.46 bits per heavy atom. The fraction of sp³-hybridized carbons (Fsp3) is 0.500. The van der Waals surface area contributed by atoms with Crippen LogP contribution in [0.5, 0.6) is 0 Å². The Morgan fingerprint density at radius 3 is 2.85 bits per heavy atom. The third-order valence-electron chi connectivity index (χ3n) is 1.54. The first-order valence-electron chi connectivity index (χ1n) is 4.50. The van der Waals surface area contributed by atoms with Gasteiger partial charge in [-0.15, -0.1) is 11.8 Å². The molecule has 0 spiro atoms. The number of hydrogen-bond acceptors (Lipinski definition) is 3. The fourth-order valence-corrected chi connectivity index (χ4v) is 1.73. The summed E-state index contributed by atoms with van der Waals surface area (Å²) in [6, 6.07) is 6.05. The molecule has 1 N–H and O–H groups in total. The zero-order valence-electron chi connectivity index (χ0n) is 8.37. The largest absolute Gasteiger partial charge is 0.373 e. The van der Waals surface area contributed by atoms with Crippen molar-refractivity contribution in [3.8, 4) is 0 Å². The molecular formula is C10H16N2S. The topological polar surface area (TPSA) is 24.9 Å². The molecule has 72 valence electrons. The van der Waals surface area contributed by atoms with Crippen molar-refractivity contribution >= 4 is 17.6 Å². The van der Waals surface area contributed by atoms with Crippen LogP contribution in [0.4, 0.5) is 5.82 Å². The van der Waals surface area contributed by atoms with Crippen LogP contribution in [0.1, 0.15) is 13.8 Å². The van der Waals surface area contributed by atoms with Crippen LogP contribution >= 0.6 is 11.8 Å². The number of pyridine rings is 1. The van der Waals surface area contributed by atoms with Crippen LogP contribution in [0.2, 0.25) is 0 Å². The predicted molar refractivity (Wildman–Crippen MR) is 59.3 cm³/mol. The molecule has 0 amide bonds. The minimum Gasteiger partial charge on any atom is -0.373 e. The van der Waals surface area contributed by atoms with Crippen LogP contribution in [0, 0.1) is 5.92 Å². The van der Waals surface area contributed by atoms with Crippen molar-refractivity contribution in [3.63, 3.8) is 0 Å². The minimum absolute atomic E-state index is 0.713. The number of nitrogens with one attached hydrogen (secondary N) is 1. The first-order valence-corrected chi connectivity index (χ1v) is 5.48. The second kappa shape index (κ2) is 5.12. The molecule has 0 atom stereocenters. The van der Waals surface area contributed by atoms with Crippen molar-refractivity contribution in [1.29, 1.82) is 0 Å². The van der Waals surface area contributed by atoms with E-state index in [0.717, 1.165) is 16.6 Å². The molecule has 0 saturated heterocycles. The van der Waals surface area contributed by atoms with E-state index in [-0.39, 0.29) is 0 Å². The molecule has 13 heavy (non-hydrogen) atoms. The van der Waals surface area contributed by atoms with Gasteiger partial charge in [0.05, 0.1) is 5.03 Å². The highest BCUT2D eigenvalue weighted by atomic mass is 32.2. The Balaban J connectivity index is 2.56. The highest BCUT2D eigenvalue weighted by molar-refractivity contribution is 7.99. The average molecular weight is 196 g/mol. The van der Waals surface area contributed by atoms with Gasteiger partial charge in [0.15, 0.2) is 0 Å². The predicted octanol–water partition coefficient (Wildman–Crippen LogP) is 2.87. The Bertz CT molecular complexity index is 261. The Morgan fingerprint density at radius 2 is 2.23 bits per heavy atom. The van der Waals surface area contributed by atoms with Crippen molar-refractivity contribution in [2.24, 2.45) is 5.92 Å². The van der Waals surface area contributed by atoms with E-state index in [2.05, 4.69) is 24.1 Å². The lowest BCUT2D eigenvalue weighted by atomic mass is 10.3. The molecule has 3 heteroatoms. The molecule has 2 nitrogen and oxygen atoms in total. The molecule has 1 aromatic rings. The number of anilines is 1. The van der Waals surface area contributed by atoms with E-state index in [9.17, 15) is 0 Å². The Kier molecular flexibility index (Phi) is 4.09. The first-order chi connectivity index (χ1) is 6.22. The maximum absolute atomic E-state index is 4.42. The summed E-state index contributed by atoms with van der Waals surface area (Å²) >= 11 is 1.81. The molecule has 1 aromatic heterocycles. The Labute approximate surface area is 84.1 Å². The van der Waals surface area contributed by atoms with Gasteiger partial charge in [-0.2, -0.15) is 0 Å². The summed E-state index contributed by atoms with van der Waals surface area (Å²) in [5, 5.41) is 4.13. The van der Waals surface area contributed by atoms with Crippen LogP contribution in [0.25, 0.3) is 0 Å². The lowest BCUT2D eigenvalue weighted by molar-refractivity contribution is 0.749. The van der Waals surface area contributed by atoms with Gasteiger partial charge >= 0.3 is 0 Å². The number of rotatable bonds is 4. The maximum Gasteiger partial charge on any atom is 0.126 e. The molecule has 0 aromatic carbocycles. The van der Waals surface area contributed by atoms with E-state index in [1.54, 1.807) is 11.8 Å². The van der Waals surface area contributed by atoms with Crippen LogP contribution < -0.4 is 5.32 Å². The molecule has 0 aliphatic rings. The van der Waals surface area contributed by atoms with Crippen LogP contribution in [-0.2, 0) is 0 Å². The van der Waals surface area contributed by atoms with Gasteiger partial charge in [-0.1, -0.05) is 19.9 Å². The lowest BCUT2D eigenvalue weighted by Crippen LogP contribution is -1.94. The van der Waals surface area contributed by atoms with E-state index >= 15 is 0 Å². The summed E-state index contributed by atoms with van der Waals surface area (Å²) in [6.45, 7) is 4.43. The summed E-state index contributed by atoms with van der Waals surface area (Å²) in [4.78, 5) is 4.42. The highest BCUT2D eigenvalue weighted by Gasteiger charge is 1.99. The third kappa shape index (κ3) is 3.68. The molecule has 0 saturated carbocycles. The lowest BCUT2D eigenvalue weighted by Gasteiger charge is -2.05. The van der Waals surface area contributed by atoms with E-state index < -0.39 is 0 Å². The number of nitrogens with zero attached hydrogens (tertiary/aromatic N) is 1. The van der Waals surface area contributed by atoms with Crippen molar-refractivity contribution in [2.75, 3.05) is 18.1 Å². The van der Waals surface area contributed by atoms with E-state index in [1.807, 2.05) is 25.2 Å². The van der Waals surface area contributed by atoms with Crippen molar-refractivity contribution < 1.29 is 0 Å². The summed E-state index contributed by atoms with van der Waals surface area (Å²) in [5.74, 6) is 2.78. The standard InChI is InChI=1S/C10H16N2S/c1-8(2)7-13-10-6-4-5-9(11-3)12-10/h4-6,8H,7H2,1-3H3,(H,11,12). The first kappa shape index (κ1) is 10.4. The van der Waals surface area contributed by atoms with Gasteiger partial charge in [-0.3, -0.25) is 0 Å². The second-order valence-corrected chi connectivity index (χ2v) is 4.36. The molecule has 0 radical (unpaired) electrons. The number of hydrogen-bond donors (Lipinski definition) is 1. The normalized spacial score (nSPS) is 10.5. The number of aromatic nitrogens is 1. The van der Waals surface area contributed by atoms with Crippen LogP contribution in [0.3, 0.4) is 0 Å². The summed E-state index contributed by atoms with van der Waals surface area (Å²) in [5.41, 5.74) is 0. The Hall–Kier alpha value is -0.700. The molecule has 0 unspecified atom stereocenters. The molecule has 0 bridgehead atoms. The summed E-state index contributed by atoms with van der Waals surface area (Å²) in [7, 11) is 1.89. The van der Waals surface area contributed by atoms with E-state index in [1.165, 1.54) is 0 Å². The highest BCUT2D eigenvalue weighted by Crippen LogP contribution is 2.19. The zero-order chi connectivity index (χ0) is 9.68. The summed E-state index contributed by atoms with van der Waals surface area (Å²) in [6.07, 6.45) is 0. The van der Waals surface area contributed by atoms with Crippen molar-refractivity contribution in [3.05, 3.63) is 18.2 Å². The molecule has 0 aliphatic carbocycles. The molecule has 0 fully saturated rings. The van der Waals surface area contributed by atoms with Gasteiger partial charge in [0, 0.05) is 12.8 Å². The fourth-order valence-electron chi connectivity index (χ4n) is 0.886. The van der Waals surface area contributed by atoms with Gasteiger partial charge in [-0.05, 0) is 18.1 Å². The smallest absolute Gasteiger partial charge is 0.126 e. The van der Waals surface area contributed by atoms with Crippen molar-refractivity contribution in [1.82, 2.24) is 4.98 Å². The van der Waals surface area contributed by atoms with E-state index in [0.29, 0.717) is 5.92 Å². The number of thioether (sulfide) groups is 1.